The van der Waals surface area contributed by atoms with Crippen LogP contribution in [0.1, 0.15) is 27.2 Å². The molecule has 1 aliphatic rings. The van der Waals surface area contributed by atoms with E-state index in [1.165, 1.54) is 21.3 Å². The molecular formula is C12H19N5O4S. The van der Waals surface area contributed by atoms with Crippen molar-refractivity contribution >= 4 is 23.8 Å². The summed E-state index contributed by atoms with van der Waals surface area (Å²) in [4.78, 5) is 24.6. The standard InChI is InChI=1S/C12H19N5O4S/c1-11(2,3)21-10(20)17-6-12(7-17,5-8(18)19)22-9-13-14-15-16(9)4/h5-7H2,1-4H3,(H,18,19). The van der Waals surface area contributed by atoms with Crippen LogP contribution in [0.4, 0.5) is 4.79 Å². The largest absolute Gasteiger partial charge is 0.481 e. The van der Waals surface area contributed by atoms with Crippen LogP contribution in [0.25, 0.3) is 0 Å². The molecule has 0 aromatic carbocycles. The first-order chi connectivity index (χ1) is 10.1. The quantitative estimate of drug-likeness (QED) is 0.862. The van der Waals surface area contributed by atoms with Crippen LogP contribution in [-0.2, 0) is 16.6 Å². The van der Waals surface area contributed by atoms with E-state index in [0.29, 0.717) is 5.16 Å². The summed E-state index contributed by atoms with van der Waals surface area (Å²) in [5, 5.41) is 20.8. The lowest BCUT2D eigenvalue weighted by Crippen LogP contribution is -2.63. The molecule has 1 aromatic heterocycles. The molecule has 2 heterocycles. The lowest BCUT2D eigenvalue weighted by atomic mass is 9.95. The van der Waals surface area contributed by atoms with E-state index in [1.54, 1.807) is 27.8 Å². The van der Waals surface area contributed by atoms with Gasteiger partial charge in [0.05, 0.1) is 11.2 Å². The van der Waals surface area contributed by atoms with Crippen molar-refractivity contribution in [3.05, 3.63) is 0 Å². The minimum atomic E-state index is -0.925. The molecule has 9 nitrogen and oxygen atoms in total. The summed E-state index contributed by atoms with van der Waals surface area (Å²) in [7, 11) is 1.68. The number of carboxylic acid groups (broad SMARTS) is 1. The Morgan fingerprint density at radius 1 is 1.41 bits per heavy atom. The maximum Gasteiger partial charge on any atom is 0.410 e. The molecule has 22 heavy (non-hydrogen) atoms. The number of aliphatic carboxylic acids is 1. The molecule has 2 rings (SSSR count). The number of aryl methyl sites for hydroxylation is 1. The first kappa shape index (κ1) is 16.5. The molecule has 0 saturated carbocycles. The topological polar surface area (TPSA) is 110 Å². The minimum absolute atomic E-state index is 0.0795. The third-order valence-corrected chi connectivity index (χ3v) is 4.34. The zero-order valence-electron chi connectivity index (χ0n) is 12.9. The van der Waals surface area contributed by atoms with Crippen molar-refractivity contribution in [1.82, 2.24) is 25.1 Å². The van der Waals surface area contributed by atoms with Crippen molar-refractivity contribution in [3.8, 4) is 0 Å². The Balaban J connectivity index is 2.04. The molecule has 1 aliphatic heterocycles. The van der Waals surface area contributed by atoms with Gasteiger partial charge in [-0.3, -0.25) is 4.79 Å². The molecule has 1 saturated heterocycles. The summed E-state index contributed by atoms with van der Waals surface area (Å²) in [6, 6.07) is 0. The van der Waals surface area contributed by atoms with Crippen LogP contribution in [0.2, 0.25) is 0 Å². The van der Waals surface area contributed by atoms with Gasteiger partial charge in [-0.2, -0.15) is 0 Å². The Hall–Kier alpha value is -1.84. The molecule has 0 radical (unpaired) electrons. The van der Waals surface area contributed by atoms with Crippen molar-refractivity contribution < 1.29 is 19.4 Å². The number of tetrazole rings is 1. The number of carbonyl (C=O) groups is 2. The number of nitrogens with zero attached hydrogens (tertiary/aromatic N) is 5. The molecule has 1 aromatic rings. The second kappa shape index (κ2) is 5.75. The average Bonchev–Trinajstić information content (AvgIpc) is 2.67. The molecule has 0 atom stereocenters. The van der Waals surface area contributed by atoms with Gasteiger partial charge in [0.15, 0.2) is 0 Å². The van der Waals surface area contributed by atoms with Gasteiger partial charge in [0.1, 0.15) is 5.60 Å². The third-order valence-electron chi connectivity index (χ3n) is 2.97. The number of rotatable bonds is 4. The zero-order valence-corrected chi connectivity index (χ0v) is 13.8. The van der Waals surface area contributed by atoms with Crippen LogP contribution >= 0.6 is 11.8 Å². The molecular weight excluding hydrogens is 310 g/mol. The summed E-state index contributed by atoms with van der Waals surface area (Å²) < 4.78 is 6.13. The minimum Gasteiger partial charge on any atom is -0.481 e. The molecule has 0 bridgehead atoms. The summed E-state index contributed by atoms with van der Waals surface area (Å²) in [6.07, 6.45) is -0.519. The zero-order chi connectivity index (χ0) is 16.5. The number of thioether (sulfide) groups is 1. The molecule has 1 amide bonds. The Morgan fingerprint density at radius 3 is 2.50 bits per heavy atom. The number of hydrogen-bond donors (Lipinski definition) is 1. The molecule has 122 valence electrons. The van der Waals surface area contributed by atoms with Gasteiger partial charge in [-0.05, 0) is 31.2 Å². The molecule has 0 spiro atoms. The van der Waals surface area contributed by atoms with E-state index in [9.17, 15) is 9.59 Å². The van der Waals surface area contributed by atoms with E-state index in [4.69, 9.17) is 9.84 Å². The number of carboxylic acids is 1. The molecule has 1 N–H and O–H groups in total. The SMILES string of the molecule is Cn1nnnc1SC1(CC(=O)O)CN(C(=O)OC(C)(C)C)C1. The van der Waals surface area contributed by atoms with E-state index in [0.717, 1.165) is 0 Å². The number of ether oxygens (including phenoxy) is 1. The van der Waals surface area contributed by atoms with Crippen molar-refractivity contribution in [2.75, 3.05) is 13.1 Å². The Labute approximate surface area is 132 Å². The smallest absolute Gasteiger partial charge is 0.410 e. The van der Waals surface area contributed by atoms with E-state index >= 15 is 0 Å². The predicted molar refractivity (Wildman–Crippen MR) is 77.4 cm³/mol. The summed E-state index contributed by atoms with van der Waals surface area (Å²) in [5.41, 5.74) is -0.581. The van der Waals surface area contributed by atoms with Crippen molar-refractivity contribution in [1.29, 1.82) is 0 Å². The summed E-state index contributed by atoms with van der Waals surface area (Å²) >= 11 is 1.28. The van der Waals surface area contributed by atoms with Gasteiger partial charge in [0.2, 0.25) is 5.16 Å². The van der Waals surface area contributed by atoms with Crippen LogP contribution < -0.4 is 0 Å². The van der Waals surface area contributed by atoms with E-state index in [2.05, 4.69) is 15.5 Å². The number of carbonyl (C=O) groups excluding carboxylic acids is 1. The third kappa shape index (κ3) is 3.87. The second-order valence-corrected chi connectivity index (χ2v) is 7.71. The number of likely N-dealkylation sites (tertiary alicyclic amines) is 1. The highest BCUT2D eigenvalue weighted by atomic mass is 32.2. The first-order valence-corrected chi connectivity index (χ1v) is 7.53. The predicted octanol–water partition coefficient (Wildman–Crippen LogP) is 0.766. The van der Waals surface area contributed by atoms with Gasteiger partial charge < -0.3 is 14.7 Å². The molecule has 10 heteroatoms. The fourth-order valence-electron chi connectivity index (χ4n) is 2.09. The second-order valence-electron chi connectivity index (χ2n) is 6.28. The van der Waals surface area contributed by atoms with E-state index in [-0.39, 0.29) is 19.5 Å². The highest BCUT2D eigenvalue weighted by Crippen LogP contribution is 2.42. The first-order valence-electron chi connectivity index (χ1n) is 6.71. The number of amides is 1. The monoisotopic (exact) mass is 329 g/mol. The lowest BCUT2D eigenvalue weighted by molar-refractivity contribution is -0.138. The molecule has 0 unspecified atom stereocenters. The molecule has 0 aliphatic carbocycles. The van der Waals surface area contributed by atoms with E-state index < -0.39 is 22.4 Å². The Bertz CT molecular complexity index is 576. The fourth-order valence-corrected chi connectivity index (χ4v) is 3.36. The summed E-state index contributed by atoms with van der Waals surface area (Å²) in [5.74, 6) is -0.925. The van der Waals surface area contributed by atoms with Gasteiger partial charge in [-0.15, -0.1) is 5.10 Å². The van der Waals surface area contributed by atoms with Crippen molar-refractivity contribution in [2.45, 2.75) is 42.7 Å². The maximum atomic E-state index is 12.0. The summed E-state index contributed by atoms with van der Waals surface area (Å²) in [6.45, 7) is 5.93. The van der Waals surface area contributed by atoms with Crippen LogP contribution in [0, 0.1) is 0 Å². The molecule has 1 fully saturated rings. The van der Waals surface area contributed by atoms with E-state index in [1.807, 2.05) is 0 Å². The van der Waals surface area contributed by atoms with Gasteiger partial charge in [-0.25, -0.2) is 9.48 Å². The fraction of sp³-hybridized carbons (Fsp3) is 0.750. The maximum absolute atomic E-state index is 12.0. The highest BCUT2D eigenvalue weighted by Gasteiger charge is 2.49. The highest BCUT2D eigenvalue weighted by molar-refractivity contribution is 8.00. The number of aromatic nitrogens is 4. The van der Waals surface area contributed by atoms with Gasteiger partial charge in [0, 0.05) is 20.1 Å². The average molecular weight is 329 g/mol. The van der Waals surface area contributed by atoms with Crippen LogP contribution in [-0.4, -0.2) is 65.7 Å². The van der Waals surface area contributed by atoms with Crippen molar-refractivity contribution in [2.24, 2.45) is 7.05 Å². The van der Waals surface area contributed by atoms with Crippen LogP contribution in [0.5, 0.6) is 0 Å². The Morgan fingerprint density at radius 2 is 2.05 bits per heavy atom. The van der Waals surface area contributed by atoms with Crippen molar-refractivity contribution in [3.63, 3.8) is 0 Å². The number of hydrogen-bond acceptors (Lipinski definition) is 7. The van der Waals surface area contributed by atoms with Gasteiger partial charge in [0.25, 0.3) is 0 Å². The van der Waals surface area contributed by atoms with Gasteiger partial charge in [-0.1, -0.05) is 11.8 Å². The Kier molecular flexibility index (Phi) is 4.32. The normalized spacial score (nSPS) is 17.0. The van der Waals surface area contributed by atoms with Crippen LogP contribution in [0.3, 0.4) is 0 Å². The lowest BCUT2D eigenvalue weighted by Gasteiger charge is -2.48. The van der Waals surface area contributed by atoms with Crippen LogP contribution in [0.15, 0.2) is 5.16 Å². The van der Waals surface area contributed by atoms with Gasteiger partial charge >= 0.3 is 12.1 Å².